The van der Waals surface area contributed by atoms with Gasteiger partial charge in [-0.15, -0.1) is 0 Å². The zero-order chi connectivity index (χ0) is 9.84. The SMILES string of the molecule is N#CN(C=S)c1ccc(Cl)c(Cl)c1. The monoisotopic (exact) mass is 230 g/mol. The summed E-state index contributed by atoms with van der Waals surface area (Å²) < 4.78 is 0. The molecule has 0 unspecified atom stereocenters. The summed E-state index contributed by atoms with van der Waals surface area (Å²) in [5.41, 5.74) is 1.84. The minimum absolute atomic E-state index is 0.399. The van der Waals surface area contributed by atoms with Crippen LogP contribution in [0.1, 0.15) is 0 Å². The van der Waals surface area contributed by atoms with E-state index in [0.29, 0.717) is 15.7 Å². The van der Waals surface area contributed by atoms with E-state index >= 15 is 0 Å². The molecule has 0 saturated heterocycles. The molecule has 0 aliphatic carbocycles. The van der Waals surface area contributed by atoms with Crippen LogP contribution in [0.15, 0.2) is 18.2 Å². The number of rotatable bonds is 2. The van der Waals surface area contributed by atoms with Crippen LogP contribution in [0.25, 0.3) is 0 Å². The Labute approximate surface area is 91.3 Å². The zero-order valence-electron chi connectivity index (χ0n) is 6.37. The lowest BCUT2D eigenvalue weighted by Crippen LogP contribution is -2.11. The second-order valence-electron chi connectivity index (χ2n) is 2.17. The minimum Gasteiger partial charge on any atom is -0.244 e. The number of benzene rings is 1. The predicted molar refractivity (Wildman–Crippen MR) is 58.2 cm³/mol. The van der Waals surface area contributed by atoms with Crippen LogP contribution in [0, 0.1) is 11.5 Å². The lowest BCUT2D eigenvalue weighted by atomic mass is 10.3. The number of halogens is 2. The molecule has 66 valence electrons. The van der Waals surface area contributed by atoms with Crippen LogP contribution in [0.5, 0.6) is 0 Å². The highest BCUT2D eigenvalue weighted by Crippen LogP contribution is 2.26. The topological polar surface area (TPSA) is 27.0 Å². The van der Waals surface area contributed by atoms with Gasteiger partial charge in [0.15, 0.2) is 6.19 Å². The molecule has 0 saturated carbocycles. The van der Waals surface area contributed by atoms with E-state index in [-0.39, 0.29) is 0 Å². The van der Waals surface area contributed by atoms with Crippen LogP contribution in [-0.4, -0.2) is 5.49 Å². The molecule has 2 nitrogen and oxygen atoms in total. The van der Waals surface area contributed by atoms with Gasteiger partial charge >= 0.3 is 0 Å². The van der Waals surface area contributed by atoms with Crippen molar-refractivity contribution < 1.29 is 0 Å². The van der Waals surface area contributed by atoms with Crippen LogP contribution < -0.4 is 4.90 Å². The van der Waals surface area contributed by atoms with Crippen LogP contribution >= 0.6 is 35.4 Å². The molecule has 0 amide bonds. The van der Waals surface area contributed by atoms with Crippen molar-refractivity contribution in [2.45, 2.75) is 0 Å². The van der Waals surface area contributed by atoms with E-state index in [2.05, 4.69) is 12.2 Å². The Kier molecular flexibility index (Phi) is 3.49. The summed E-state index contributed by atoms with van der Waals surface area (Å²) in [6, 6.07) is 4.86. The Morgan fingerprint density at radius 1 is 1.38 bits per heavy atom. The first-order chi connectivity index (χ1) is 6.19. The molecule has 0 fully saturated rings. The predicted octanol–water partition coefficient (Wildman–Crippen LogP) is 3.24. The molecule has 0 aliphatic rings. The van der Waals surface area contributed by atoms with E-state index < -0.39 is 0 Å². The molecule has 1 aromatic carbocycles. The van der Waals surface area contributed by atoms with Crippen molar-refractivity contribution in [2.24, 2.45) is 0 Å². The summed E-state index contributed by atoms with van der Waals surface area (Å²) in [6.07, 6.45) is 1.89. The average Bonchev–Trinajstić information content (AvgIpc) is 2.13. The molecule has 0 aromatic heterocycles. The van der Waals surface area contributed by atoms with E-state index in [9.17, 15) is 0 Å². The van der Waals surface area contributed by atoms with Crippen molar-refractivity contribution in [3.63, 3.8) is 0 Å². The summed E-state index contributed by atoms with van der Waals surface area (Å²) in [5.74, 6) is 0. The first-order valence-electron chi connectivity index (χ1n) is 3.28. The largest absolute Gasteiger partial charge is 0.244 e. The second-order valence-corrected chi connectivity index (χ2v) is 3.20. The average molecular weight is 231 g/mol. The lowest BCUT2D eigenvalue weighted by molar-refractivity contribution is 1.36. The third kappa shape index (κ3) is 2.31. The normalized spacial score (nSPS) is 9.00. The molecule has 0 heterocycles. The van der Waals surface area contributed by atoms with Gasteiger partial charge in [0.1, 0.15) is 0 Å². The summed E-state index contributed by atoms with van der Waals surface area (Å²) in [7, 11) is 0. The van der Waals surface area contributed by atoms with Gasteiger partial charge in [0, 0.05) is 0 Å². The maximum absolute atomic E-state index is 8.64. The lowest BCUT2D eigenvalue weighted by Gasteiger charge is -2.08. The molecule has 0 radical (unpaired) electrons. The third-order valence-corrected chi connectivity index (χ3v) is 2.34. The van der Waals surface area contributed by atoms with E-state index in [4.69, 9.17) is 28.5 Å². The molecule has 0 atom stereocenters. The van der Waals surface area contributed by atoms with E-state index in [0.717, 1.165) is 0 Å². The Hall–Kier alpha value is -0.820. The van der Waals surface area contributed by atoms with Crippen molar-refractivity contribution in [1.29, 1.82) is 5.26 Å². The molecule has 0 aliphatic heterocycles. The summed E-state index contributed by atoms with van der Waals surface area (Å²) in [6.45, 7) is 0. The van der Waals surface area contributed by atoms with Crippen LogP contribution in [0.3, 0.4) is 0 Å². The van der Waals surface area contributed by atoms with Gasteiger partial charge in [0.05, 0.1) is 21.2 Å². The van der Waals surface area contributed by atoms with Gasteiger partial charge in [-0.05, 0) is 18.2 Å². The summed E-state index contributed by atoms with van der Waals surface area (Å²) in [4.78, 5) is 1.22. The van der Waals surface area contributed by atoms with Crippen LogP contribution in [-0.2, 0) is 0 Å². The Bertz CT molecular complexity index is 373. The Morgan fingerprint density at radius 2 is 2.08 bits per heavy atom. The first kappa shape index (κ1) is 10.3. The number of nitriles is 1. The smallest absolute Gasteiger partial charge is 0.189 e. The standard InChI is InChI=1S/C8H4Cl2N2S/c9-7-2-1-6(3-8(7)10)12(4-11)5-13/h1-3,5H. The fourth-order valence-corrected chi connectivity index (χ4v) is 1.24. The fourth-order valence-electron chi connectivity index (χ4n) is 0.777. The van der Waals surface area contributed by atoms with Gasteiger partial charge in [-0.3, -0.25) is 0 Å². The highest BCUT2D eigenvalue weighted by molar-refractivity contribution is 7.79. The van der Waals surface area contributed by atoms with Crippen LogP contribution in [0.2, 0.25) is 10.0 Å². The maximum atomic E-state index is 8.64. The molecule has 1 aromatic rings. The Morgan fingerprint density at radius 3 is 2.54 bits per heavy atom. The minimum atomic E-state index is 0.399. The number of anilines is 1. The maximum Gasteiger partial charge on any atom is 0.189 e. The first-order valence-corrected chi connectivity index (χ1v) is 4.51. The highest BCUT2D eigenvalue weighted by Gasteiger charge is 2.04. The van der Waals surface area contributed by atoms with E-state index in [1.165, 1.54) is 10.4 Å². The molecule has 0 N–H and O–H groups in total. The van der Waals surface area contributed by atoms with Gasteiger partial charge in [-0.1, -0.05) is 35.4 Å². The van der Waals surface area contributed by atoms with Crippen molar-refractivity contribution in [1.82, 2.24) is 0 Å². The molecular formula is C8H4Cl2N2S. The number of hydrogen-bond donors (Lipinski definition) is 0. The van der Waals surface area contributed by atoms with Gasteiger partial charge in [0.25, 0.3) is 0 Å². The molecular weight excluding hydrogens is 227 g/mol. The molecule has 13 heavy (non-hydrogen) atoms. The number of hydrogen-bond acceptors (Lipinski definition) is 2. The van der Waals surface area contributed by atoms with Crippen molar-refractivity contribution in [2.75, 3.05) is 4.90 Å². The van der Waals surface area contributed by atoms with Crippen molar-refractivity contribution in [3.8, 4) is 6.19 Å². The fraction of sp³-hybridized carbons (Fsp3) is 0. The van der Waals surface area contributed by atoms with Crippen molar-refractivity contribution in [3.05, 3.63) is 28.2 Å². The quantitative estimate of drug-likeness (QED) is 0.444. The van der Waals surface area contributed by atoms with Gasteiger partial charge < -0.3 is 0 Å². The second kappa shape index (κ2) is 4.43. The summed E-state index contributed by atoms with van der Waals surface area (Å²) >= 11 is 16.1. The van der Waals surface area contributed by atoms with Crippen LogP contribution in [0.4, 0.5) is 5.69 Å². The Balaban J connectivity index is 3.11. The number of nitrogens with zero attached hydrogens (tertiary/aromatic N) is 2. The van der Waals surface area contributed by atoms with Crippen molar-refractivity contribution >= 4 is 46.6 Å². The molecule has 1 rings (SSSR count). The molecule has 5 heteroatoms. The van der Waals surface area contributed by atoms with E-state index in [1.807, 2.05) is 6.19 Å². The van der Waals surface area contributed by atoms with Gasteiger partial charge in [-0.2, -0.15) is 5.26 Å². The summed E-state index contributed by atoms with van der Waals surface area (Å²) in [5, 5.41) is 9.49. The van der Waals surface area contributed by atoms with Gasteiger partial charge in [-0.25, -0.2) is 4.90 Å². The molecule has 0 spiro atoms. The van der Waals surface area contributed by atoms with E-state index in [1.54, 1.807) is 18.2 Å². The third-order valence-electron chi connectivity index (χ3n) is 1.39. The zero-order valence-corrected chi connectivity index (χ0v) is 8.70. The number of thiocarbonyl (C=S) groups is 1. The molecule has 0 bridgehead atoms. The highest BCUT2D eigenvalue weighted by atomic mass is 35.5. The van der Waals surface area contributed by atoms with Gasteiger partial charge in [0.2, 0.25) is 0 Å².